The monoisotopic (exact) mass is 508 g/mol. The second-order valence-electron chi connectivity index (χ2n) is 9.50. The van der Waals surface area contributed by atoms with Crippen LogP contribution in [0.3, 0.4) is 0 Å². The second kappa shape index (κ2) is 13.3. The third-order valence-electron chi connectivity index (χ3n) is 6.67. The van der Waals surface area contributed by atoms with E-state index in [0.717, 1.165) is 61.1 Å². The molecular weight excluding hydrogens is 472 g/mol. The van der Waals surface area contributed by atoms with E-state index in [4.69, 9.17) is 4.98 Å². The first-order valence-corrected chi connectivity index (χ1v) is 13.0. The minimum absolute atomic E-state index is 0.278. The molecule has 0 saturated carbocycles. The molecule has 0 amide bonds. The summed E-state index contributed by atoms with van der Waals surface area (Å²) < 4.78 is 0. The molecule has 10 heteroatoms. The smallest absolute Gasteiger partial charge is 0.326 e. The number of nitrogens with zero attached hydrogens (tertiary/aromatic N) is 4. The molecule has 10 nitrogen and oxygen atoms in total. The molecule has 0 fully saturated rings. The highest BCUT2D eigenvalue weighted by Gasteiger charge is 2.21. The summed E-state index contributed by atoms with van der Waals surface area (Å²) in [5, 5.41) is 36.4. The molecule has 0 radical (unpaired) electrons. The van der Waals surface area contributed by atoms with E-state index in [1.165, 1.54) is 11.9 Å². The first-order chi connectivity index (χ1) is 18.0. The van der Waals surface area contributed by atoms with E-state index in [9.17, 15) is 20.1 Å². The summed E-state index contributed by atoms with van der Waals surface area (Å²) in [6.07, 6.45) is 5.69. The van der Waals surface area contributed by atoms with E-state index in [1.807, 2.05) is 29.2 Å². The Labute approximate surface area is 216 Å². The molecule has 0 spiro atoms. The van der Waals surface area contributed by atoms with Gasteiger partial charge >= 0.3 is 5.97 Å². The maximum Gasteiger partial charge on any atom is 0.326 e. The summed E-state index contributed by atoms with van der Waals surface area (Å²) in [6.45, 7) is 2.04. The van der Waals surface area contributed by atoms with Crippen molar-refractivity contribution < 1.29 is 20.1 Å². The van der Waals surface area contributed by atoms with Gasteiger partial charge in [-0.15, -0.1) is 0 Å². The van der Waals surface area contributed by atoms with Crippen molar-refractivity contribution in [2.45, 2.75) is 50.7 Å². The lowest BCUT2D eigenvalue weighted by Crippen LogP contribution is -2.39. The lowest BCUT2D eigenvalue weighted by atomic mass is 10.1. The van der Waals surface area contributed by atoms with Crippen LogP contribution < -0.4 is 10.6 Å². The second-order valence-corrected chi connectivity index (χ2v) is 9.50. The number of para-hydroxylation sites is 1. The van der Waals surface area contributed by atoms with Gasteiger partial charge in [0.25, 0.3) is 0 Å². The summed E-state index contributed by atoms with van der Waals surface area (Å²) in [7, 11) is 0. The molecule has 5 N–H and O–H groups in total. The number of fused-ring (bicyclic) bond motifs is 2. The van der Waals surface area contributed by atoms with Gasteiger partial charge in [-0.3, -0.25) is 0 Å². The number of aliphatic carboxylic acids is 1. The maximum absolute atomic E-state index is 12.0. The van der Waals surface area contributed by atoms with Crippen LogP contribution in [0.5, 0.6) is 0 Å². The van der Waals surface area contributed by atoms with Crippen molar-refractivity contribution >= 4 is 28.5 Å². The number of rotatable bonds is 14. The Bertz CT molecular complexity index is 1170. The zero-order valence-corrected chi connectivity index (χ0v) is 21.0. The van der Waals surface area contributed by atoms with Gasteiger partial charge in [0.2, 0.25) is 0 Å². The first kappa shape index (κ1) is 26.7. The predicted octanol–water partition coefficient (Wildman–Crippen LogP) is 2.32. The molecular formula is C27H36N6O4. The number of carboxylic acids is 1. The minimum Gasteiger partial charge on any atom is -0.480 e. The standard InChI is InChI=1S/C27H36N6O4/c34-17-21(35)16-33(14-4-3-7-20-11-10-19-6-5-13-28-25(19)31-20)15-12-24(27(36)37)32-26-22-8-1-2-9-23(22)29-18-30-26/h1-2,8-11,18,21,24,34-35H,3-7,12-17H2,(H,28,31)(H,36,37)(H,29,30,32). The fourth-order valence-electron chi connectivity index (χ4n) is 4.65. The van der Waals surface area contributed by atoms with E-state index in [-0.39, 0.29) is 13.2 Å². The van der Waals surface area contributed by atoms with Crippen LogP contribution in [0.15, 0.2) is 42.7 Å². The molecule has 3 heterocycles. The van der Waals surface area contributed by atoms with Crippen LogP contribution in [0.4, 0.5) is 11.6 Å². The van der Waals surface area contributed by atoms with Gasteiger partial charge in [0, 0.05) is 30.7 Å². The largest absolute Gasteiger partial charge is 0.480 e. The van der Waals surface area contributed by atoms with E-state index >= 15 is 0 Å². The van der Waals surface area contributed by atoms with Gasteiger partial charge in [0.1, 0.15) is 24.0 Å². The Hall–Kier alpha value is -3.34. The highest BCUT2D eigenvalue weighted by molar-refractivity contribution is 5.90. The number of aliphatic hydroxyl groups excluding tert-OH is 2. The van der Waals surface area contributed by atoms with E-state index in [0.29, 0.717) is 25.3 Å². The van der Waals surface area contributed by atoms with Crippen molar-refractivity contribution in [3.05, 3.63) is 54.0 Å². The zero-order chi connectivity index (χ0) is 26.0. The van der Waals surface area contributed by atoms with Crippen LogP contribution in [0, 0.1) is 0 Å². The van der Waals surface area contributed by atoms with Gasteiger partial charge in [0.05, 0.1) is 18.2 Å². The summed E-state index contributed by atoms with van der Waals surface area (Å²) in [5.41, 5.74) is 3.07. The molecule has 1 aliphatic rings. The predicted molar refractivity (Wildman–Crippen MR) is 143 cm³/mol. The average molecular weight is 509 g/mol. The van der Waals surface area contributed by atoms with Gasteiger partial charge < -0.3 is 30.9 Å². The molecule has 2 aromatic heterocycles. The Kier molecular flexibility index (Phi) is 9.58. The minimum atomic E-state index is -0.975. The highest BCUT2D eigenvalue weighted by atomic mass is 16.4. The number of hydrogen-bond donors (Lipinski definition) is 5. The molecule has 0 aliphatic carbocycles. The molecule has 1 aliphatic heterocycles. The molecule has 0 bridgehead atoms. The highest BCUT2D eigenvalue weighted by Crippen LogP contribution is 2.21. The van der Waals surface area contributed by atoms with Crippen molar-refractivity contribution in [1.82, 2.24) is 19.9 Å². The summed E-state index contributed by atoms with van der Waals surface area (Å²) in [4.78, 5) is 27.3. The first-order valence-electron chi connectivity index (χ1n) is 13.0. The number of pyridine rings is 1. The quantitative estimate of drug-likeness (QED) is 0.206. The van der Waals surface area contributed by atoms with Crippen molar-refractivity contribution in [3.8, 4) is 0 Å². The Morgan fingerprint density at radius 3 is 2.84 bits per heavy atom. The van der Waals surface area contributed by atoms with Gasteiger partial charge in [-0.2, -0.15) is 0 Å². The number of benzene rings is 1. The van der Waals surface area contributed by atoms with Crippen LogP contribution in [-0.2, 0) is 17.6 Å². The number of hydrogen-bond acceptors (Lipinski definition) is 9. The zero-order valence-electron chi connectivity index (χ0n) is 21.0. The maximum atomic E-state index is 12.0. The summed E-state index contributed by atoms with van der Waals surface area (Å²) >= 11 is 0. The van der Waals surface area contributed by atoms with Gasteiger partial charge in [-0.25, -0.2) is 19.7 Å². The van der Waals surface area contributed by atoms with E-state index in [1.54, 1.807) is 0 Å². The number of anilines is 2. The van der Waals surface area contributed by atoms with Crippen LogP contribution in [0.1, 0.15) is 36.9 Å². The number of aryl methyl sites for hydroxylation is 2. The van der Waals surface area contributed by atoms with Crippen LogP contribution in [0.2, 0.25) is 0 Å². The van der Waals surface area contributed by atoms with Crippen LogP contribution >= 0.6 is 0 Å². The third kappa shape index (κ3) is 7.58. The summed E-state index contributed by atoms with van der Waals surface area (Å²) in [6, 6.07) is 10.8. The van der Waals surface area contributed by atoms with E-state index in [2.05, 4.69) is 32.7 Å². The van der Waals surface area contributed by atoms with Gasteiger partial charge in [-0.05, 0) is 68.8 Å². The Morgan fingerprint density at radius 1 is 1.14 bits per heavy atom. The van der Waals surface area contributed by atoms with Crippen molar-refractivity contribution in [2.75, 3.05) is 43.4 Å². The number of aromatic nitrogens is 3. The Balaban J connectivity index is 1.32. The van der Waals surface area contributed by atoms with E-state index < -0.39 is 18.1 Å². The topological polar surface area (TPSA) is 144 Å². The molecule has 0 saturated heterocycles. The van der Waals surface area contributed by atoms with Crippen molar-refractivity contribution in [3.63, 3.8) is 0 Å². The molecule has 4 rings (SSSR count). The Morgan fingerprint density at radius 2 is 2.00 bits per heavy atom. The fourth-order valence-corrected chi connectivity index (χ4v) is 4.65. The lowest BCUT2D eigenvalue weighted by molar-refractivity contribution is -0.138. The number of nitrogens with one attached hydrogen (secondary N) is 2. The van der Waals surface area contributed by atoms with Crippen molar-refractivity contribution in [2.24, 2.45) is 0 Å². The molecule has 198 valence electrons. The molecule has 2 atom stereocenters. The van der Waals surface area contributed by atoms with Crippen LogP contribution in [0.25, 0.3) is 10.9 Å². The normalized spacial score (nSPS) is 14.7. The average Bonchev–Trinajstić information content (AvgIpc) is 2.92. The summed E-state index contributed by atoms with van der Waals surface area (Å²) in [5.74, 6) is 0.504. The number of aliphatic hydroxyl groups is 2. The third-order valence-corrected chi connectivity index (χ3v) is 6.67. The van der Waals surface area contributed by atoms with Crippen LogP contribution in [-0.4, -0.2) is 86.1 Å². The fraction of sp³-hybridized carbons (Fsp3) is 0.481. The number of carboxylic acid groups (broad SMARTS) is 1. The molecule has 1 aromatic carbocycles. The SMILES string of the molecule is O=C(O)C(CCN(CCCCc1ccc2c(n1)NCCC2)CC(O)CO)Nc1ncnc2ccccc12. The lowest BCUT2D eigenvalue weighted by Gasteiger charge is -2.26. The molecule has 37 heavy (non-hydrogen) atoms. The van der Waals surface area contributed by atoms with Gasteiger partial charge in [-0.1, -0.05) is 18.2 Å². The van der Waals surface area contributed by atoms with Crippen molar-refractivity contribution in [1.29, 1.82) is 0 Å². The van der Waals surface area contributed by atoms with Gasteiger partial charge in [0.15, 0.2) is 0 Å². The number of carbonyl (C=O) groups is 1. The number of unbranched alkanes of at least 4 members (excludes halogenated alkanes) is 1. The molecule has 3 aromatic rings. The molecule has 2 unspecified atom stereocenters.